The van der Waals surface area contributed by atoms with Crippen LogP contribution in [-0.2, 0) is 23.2 Å². The molecule has 194 valence electrons. The van der Waals surface area contributed by atoms with Crippen LogP contribution in [0.1, 0.15) is 55.2 Å². The van der Waals surface area contributed by atoms with Gasteiger partial charge < -0.3 is 19.8 Å². The lowest BCUT2D eigenvalue weighted by Crippen LogP contribution is -2.72. The van der Waals surface area contributed by atoms with Crippen molar-refractivity contribution in [1.29, 1.82) is 0 Å². The fourth-order valence-corrected chi connectivity index (χ4v) is 10.0. The predicted octanol–water partition coefficient (Wildman–Crippen LogP) is 3.83. The van der Waals surface area contributed by atoms with E-state index in [0.717, 1.165) is 55.8 Å². The number of ether oxygens (including phenoxy) is 1. The number of hydrogen-bond acceptors (Lipinski definition) is 5. The number of carbonyl (C=O) groups excluding carboxylic acids is 1. The van der Waals surface area contributed by atoms with Gasteiger partial charge in [0.2, 0.25) is 5.91 Å². The molecule has 2 heterocycles. The van der Waals surface area contributed by atoms with Crippen molar-refractivity contribution in [2.45, 2.75) is 68.7 Å². The largest absolute Gasteiger partial charge is 0.504 e. The Bertz CT molecular complexity index is 1290. The van der Waals surface area contributed by atoms with Gasteiger partial charge in [-0.2, -0.15) is 0 Å². The molecule has 0 aromatic heterocycles. The summed E-state index contributed by atoms with van der Waals surface area (Å²) in [5, 5.41) is 24.3. The Labute approximate surface area is 218 Å². The molecular weight excluding hydrogens is 464 g/mol. The third-order valence-corrected chi connectivity index (χ3v) is 11.4. The molecule has 6 nitrogen and oxygen atoms in total. The summed E-state index contributed by atoms with van der Waals surface area (Å²) in [6, 6.07) is 14.4. The molecule has 6 aliphatic rings. The number of fused-ring (bicyclic) bond motifs is 1. The molecule has 6 heteroatoms. The molecule has 2 aromatic carbocycles. The van der Waals surface area contributed by atoms with Gasteiger partial charge in [-0.1, -0.05) is 36.4 Å². The highest BCUT2D eigenvalue weighted by atomic mass is 16.5. The maximum absolute atomic E-state index is 14.2. The van der Waals surface area contributed by atoms with Gasteiger partial charge in [0.05, 0.1) is 7.11 Å². The zero-order valence-electron chi connectivity index (χ0n) is 21.5. The highest BCUT2D eigenvalue weighted by Gasteiger charge is 2.82. The minimum absolute atomic E-state index is 0.0996. The third kappa shape index (κ3) is 2.61. The highest BCUT2D eigenvalue weighted by Crippen LogP contribution is 2.78. The first-order valence-electron chi connectivity index (χ1n) is 14.1. The summed E-state index contributed by atoms with van der Waals surface area (Å²) >= 11 is 0. The van der Waals surface area contributed by atoms with Crippen LogP contribution < -0.4 is 4.74 Å². The van der Waals surface area contributed by atoms with E-state index in [9.17, 15) is 15.0 Å². The summed E-state index contributed by atoms with van der Waals surface area (Å²) in [6.07, 6.45) is 6.74. The van der Waals surface area contributed by atoms with E-state index in [4.69, 9.17) is 4.74 Å². The number of carbonyl (C=O) groups is 1. The molecule has 2 saturated heterocycles. The molecule has 1 amide bonds. The number of aliphatic hydroxyl groups is 1. The molecule has 8 rings (SSSR count). The van der Waals surface area contributed by atoms with Crippen molar-refractivity contribution in [2.75, 3.05) is 20.2 Å². The lowest BCUT2D eigenvalue weighted by Gasteiger charge is -2.67. The van der Waals surface area contributed by atoms with Crippen molar-refractivity contribution in [1.82, 2.24) is 9.80 Å². The van der Waals surface area contributed by atoms with Gasteiger partial charge >= 0.3 is 0 Å². The standard InChI is InChI=1S/C31H36N2O4/c1-37-23-10-9-21-15-24-29-11-12-31(36)27(22(16-29)28(35)33(31)18-19-5-3-2-4-6-19)30(29,25(21)26(23)34)13-14-32(24)17-20-7-8-20/h2-6,9-10,20,22,24,27,34,36H,7-8,11-18H2,1H3/t22-,24+,27-,29+,30-,31-/m0/s1. The number of aromatic hydroxyl groups is 1. The zero-order chi connectivity index (χ0) is 25.2. The third-order valence-electron chi connectivity index (χ3n) is 11.4. The summed E-state index contributed by atoms with van der Waals surface area (Å²) in [5.41, 5.74) is 1.47. The van der Waals surface area contributed by atoms with E-state index in [1.54, 1.807) is 12.0 Å². The fraction of sp³-hybridized carbons (Fsp3) is 0.581. The zero-order valence-corrected chi connectivity index (χ0v) is 21.5. The van der Waals surface area contributed by atoms with Gasteiger partial charge in [-0.15, -0.1) is 0 Å². The summed E-state index contributed by atoms with van der Waals surface area (Å²) in [5.74, 6) is 1.21. The summed E-state index contributed by atoms with van der Waals surface area (Å²) in [7, 11) is 1.61. The molecule has 0 radical (unpaired) electrons. The van der Waals surface area contributed by atoms with Gasteiger partial charge in [0.25, 0.3) is 0 Å². The number of rotatable bonds is 5. The molecule has 2 aromatic rings. The van der Waals surface area contributed by atoms with Gasteiger partial charge in [0.1, 0.15) is 5.72 Å². The Hall–Kier alpha value is -2.57. The molecule has 0 unspecified atom stereocenters. The van der Waals surface area contributed by atoms with Crippen molar-refractivity contribution in [3.8, 4) is 11.5 Å². The monoisotopic (exact) mass is 500 g/mol. The highest BCUT2D eigenvalue weighted by molar-refractivity contribution is 5.85. The minimum atomic E-state index is -1.20. The number of piperidine rings is 1. The van der Waals surface area contributed by atoms with Crippen molar-refractivity contribution in [3.63, 3.8) is 0 Å². The van der Waals surface area contributed by atoms with E-state index in [0.29, 0.717) is 24.8 Å². The molecule has 37 heavy (non-hydrogen) atoms. The summed E-state index contributed by atoms with van der Waals surface area (Å²) < 4.78 is 5.61. The molecule has 6 atom stereocenters. The van der Waals surface area contributed by atoms with E-state index in [1.807, 2.05) is 36.4 Å². The van der Waals surface area contributed by atoms with Crippen molar-refractivity contribution in [2.24, 2.45) is 23.2 Å². The van der Waals surface area contributed by atoms with Crippen molar-refractivity contribution in [3.05, 3.63) is 59.2 Å². The van der Waals surface area contributed by atoms with Crippen LogP contribution in [-0.4, -0.2) is 57.9 Å². The Morgan fingerprint density at radius 1 is 1.08 bits per heavy atom. The fourth-order valence-electron chi connectivity index (χ4n) is 10.0. The summed E-state index contributed by atoms with van der Waals surface area (Å²) in [6.45, 7) is 2.54. The molecule has 4 bridgehead atoms. The van der Waals surface area contributed by atoms with Crippen LogP contribution in [0.2, 0.25) is 0 Å². The predicted molar refractivity (Wildman–Crippen MR) is 138 cm³/mol. The van der Waals surface area contributed by atoms with Gasteiger partial charge in [-0.05, 0) is 80.0 Å². The molecule has 4 aliphatic carbocycles. The van der Waals surface area contributed by atoms with E-state index < -0.39 is 11.1 Å². The van der Waals surface area contributed by atoms with Gasteiger partial charge in [0, 0.05) is 41.9 Å². The second kappa shape index (κ2) is 7.29. The Morgan fingerprint density at radius 3 is 2.65 bits per heavy atom. The normalized spacial score (nSPS) is 39.5. The average molecular weight is 501 g/mol. The van der Waals surface area contributed by atoms with Crippen LogP contribution in [0.15, 0.2) is 42.5 Å². The lowest BCUT2D eigenvalue weighted by molar-refractivity contribution is -0.208. The maximum Gasteiger partial charge on any atom is 0.228 e. The second-order valence-corrected chi connectivity index (χ2v) is 12.8. The first-order valence-corrected chi connectivity index (χ1v) is 14.1. The Kier molecular flexibility index (Phi) is 4.42. The number of nitrogens with zero attached hydrogens (tertiary/aromatic N) is 2. The molecule has 2 aliphatic heterocycles. The van der Waals surface area contributed by atoms with Gasteiger partial charge in [0.15, 0.2) is 11.5 Å². The van der Waals surface area contributed by atoms with E-state index >= 15 is 0 Å². The molecule has 2 N–H and O–H groups in total. The van der Waals surface area contributed by atoms with Gasteiger partial charge in [-0.25, -0.2) is 0 Å². The average Bonchev–Trinajstić information content (AvgIpc) is 3.64. The first kappa shape index (κ1) is 22.4. The maximum atomic E-state index is 14.2. The van der Waals surface area contributed by atoms with Crippen molar-refractivity contribution >= 4 is 5.91 Å². The Morgan fingerprint density at radius 2 is 1.89 bits per heavy atom. The number of benzene rings is 2. The minimum Gasteiger partial charge on any atom is -0.504 e. The number of likely N-dealkylation sites (tertiary alicyclic amines) is 2. The number of phenols is 1. The number of amides is 1. The number of methoxy groups -OCH3 is 1. The van der Waals surface area contributed by atoms with E-state index in [-0.39, 0.29) is 28.9 Å². The van der Waals surface area contributed by atoms with Crippen LogP contribution >= 0.6 is 0 Å². The topological polar surface area (TPSA) is 73.2 Å². The molecule has 0 spiro atoms. The van der Waals surface area contributed by atoms with Crippen molar-refractivity contribution < 1.29 is 19.7 Å². The SMILES string of the molecule is COc1ccc2c(c1O)[C@]13CCN(CC4CC4)[C@H](C2)[C@]12CC[C@]1(O)[C@H]3[C@H](C2)C(=O)N1Cc1ccccc1. The van der Waals surface area contributed by atoms with Crippen LogP contribution in [0, 0.1) is 23.2 Å². The quantitative estimate of drug-likeness (QED) is 0.653. The van der Waals surface area contributed by atoms with Crippen LogP contribution in [0.3, 0.4) is 0 Å². The molecular formula is C31H36N2O4. The first-order chi connectivity index (χ1) is 17.9. The summed E-state index contributed by atoms with van der Waals surface area (Å²) in [4.78, 5) is 18.7. The smallest absolute Gasteiger partial charge is 0.228 e. The van der Waals surface area contributed by atoms with Gasteiger partial charge in [-0.3, -0.25) is 9.69 Å². The van der Waals surface area contributed by atoms with Crippen LogP contribution in [0.5, 0.6) is 11.5 Å². The Balaban J connectivity index is 1.32. The lowest BCUT2D eigenvalue weighted by atomic mass is 9.43. The van der Waals surface area contributed by atoms with E-state index in [1.165, 1.54) is 18.4 Å². The number of phenolic OH excluding ortho intramolecular Hbond substituents is 1. The number of hydrogen-bond donors (Lipinski definition) is 2. The van der Waals surface area contributed by atoms with Crippen LogP contribution in [0.25, 0.3) is 0 Å². The molecule has 5 fully saturated rings. The van der Waals surface area contributed by atoms with E-state index in [2.05, 4.69) is 11.0 Å². The molecule has 3 saturated carbocycles. The second-order valence-electron chi connectivity index (χ2n) is 12.8. The van der Waals surface area contributed by atoms with Crippen LogP contribution in [0.4, 0.5) is 0 Å².